The number of aromatic amines is 1. The van der Waals surface area contributed by atoms with Crippen LogP contribution in [0.2, 0.25) is 0 Å². The number of nitrogens with two attached hydrogens (primary N) is 1. The molecule has 7 nitrogen and oxygen atoms in total. The van der Waals surface area contributed by atoms with Gasteiger partial charge in [-0.05, 0) is 0 Å². The first-order valence-electron chi connectivity index (χ1n) is 4.95. The summed E-state index contributed by atoms with van der Waals surface area (Å²) in [5, 5.41) is 1.58. The largest absolute Gasteiger partial charge is 0.379 e. The van der Waals surface area contributed by atoms with E-state index >= 15 is 0 Å². The van der Waals surface area contributed by atoms with E-state index in [4.69, 9.17) is 10.5 Å². The summed E-state index contributed by atoms with van der Waals surface area (Å²) in [5.74, 6) is -0.124. The molecule has 1 rings (SSSR count). The molecule has 0 aromatic carbocycles. The Bertz CT molecular complexity index is 479. The Morgan fingerprint density at radius 3 is 2.82 bits per heavy atom. The molecule has 98 valence electrons. The lowest BCUT2D eigenvalue weighted by molar-refractivity contribution is 0.156. The molecule has 0 fully saturated rings. The van der Waals surface area contributed by atoms with Crippen molar-refractivity contribution in [1.29, 1.82) is 0 Å². The minimum absolute atomic E-state index is 0.0813. The Morgan fingerprint density at radius 1 is 1.47 bits per heavy atom. The van der Waals surface area contributed by atoms with Crippen LogP contribution in [0.25, 0.3) is 0 Å². The molecule has 4 N–H and O–H groups in total. The molecule has 0 aliphatic carbocycles. The van der Waals surface area contributed by atoms with E-state index in [2.05, 4.69) is 9.71 Å². The van der Waals surface area contributed by atoms with Crippen molar-refractivity contribution >= 4 is 21.4 Å². The Labute approximate surface area is 103 Å². The quantitative estimate of drug-likeness (QED) is 0.520. The lowest BCUT2D eigenvalue weighted by Gasteiger charge is -2.05. The Morgan fingerprint density at radius 2 is 2.24 bits per heavy atom. The van der Waals surface area contributed by atoms with Crippen molar-refractivity contribution < 1.29 is 13.2 Å². The van der Waals surface area contributed by atoms with Gasteiger partial charge in [0.05, 0.1) is 25.5 Å². The first-order valence-corrected chi connectivity index (χ1v) is 7.48. The van der Waals surface area contributed by atoms with Gasteiger partial charge >= 0.3 is 4.87 Å². The second-order valence-corrected chi connectivity index (χ2v) is 5.98. The summed E-state index contributed by atoms with van der Waals surface area (Å²) < 4.78 is 30.3. The van der Waals surface area contributed by atoms with Gasteiger partial charge in [0, 0.05) is 17.6 Å². The number of sulfonamides is 1. The zero-order valence-corrected chi connectivity index (χ0v) is 10.8. The van der Waals surface area contributed by atoms with Crippen molar-refractivity contribution in [2.75, 3.05) is 25.5 Å². The minimum Gasteiger partial charge on any atom is -0.379 e. The van der Waals surface area contributed by atoms with Crippen LogP contribution < -0.4 is 15.3 Å². The van der Waals surface area contributed by atoms with Crippen molar-refractivity contribution in [2.24, 2.45) is 5.73 Å². The summed E-state index contributed by atoms with van der Waals surface area (Å²) in [6, 6.07) is 0. The van der Waals surface area contributed by atoms with Crippen LogP contribution in [0, 0.1) is 0 Å². The molecule has 1 heterocycles. The molecule has 0 aliphatic rings. The average molecular weight is 281 g/mol. The van der Waals surface area contributed by atoms with Crippen LogP contribution in [0.5, 0.6) is 0 Å². The fraction of sp³-hybridized carbons (Fsp3) is 0.625. The Balaban J connectivity index is 2.32. The van der Waals surface area contributed by atoms with E-state index in [1.807, 2.05) is 0 Å². The molecule has 0 unspecified atom stereocenters. The van der Waals surface area contributed by atoms with Crippen LogP contribution >= 0.6 is 11.3 Å². The van der Waals surface area contributed by atoms with E-state index in [1.165, 1.54) is 0 Å². The number of hydrogen-bond donors (Lipinski definition) is 3. The summed E-state index contributed by atoms with van der Waals surface area (Å²) in [4.78, 5) is 13.1. The average Bonchev–Trinajstić information content (AvgIpc) is 2.68. The van der Waals surface area contributed by atoms with E-state index in [9.17, 15) is 13.2 Å². The normalized spacial score (nSPS) is 11.8. The second kappa shape index (κ2) is 6.87. The number of hydrogen-bond acceptors (Lipinski definition) is 6. The molecule has 9 heteroatoms. The maximum absolute atomic E-state index is 11.5. The predicted octanol–water partition coefficient (Wildman–Crippen LogP) is -1.17. The number of nitrogens with one attached hydrogen (secondary N) is 2. The van der Waals surface area contributed by atoms with Crippen molar-refractivity contribution in [3.63, 3.8) is 0 Å². The monoisotopic (exact) mass is 281 g/mol. The van der Waals surface area contributed by atoms with Crippen molar-refractivity contribution in [1.82, 2.24) is 9.71 Å². The molecule has 17 heavy (non-hydrogen) atoms. The first kappa shape index (κ1) is 14.3. The zero-order chi connectivity index (χ0) is 12.7. The second-order valence-electron chi connectivity index (χ2n) is 3.21. The lowest BCUT2D eigenvalue weighted by atomic mass is 10.5. The Hall–Kier alpha value is -0.740. The third kappa shape index (κ3) is 5.94. The fourth-order valence-electron chi connectivity index (χ4n) is 1.01. The molecule has 0 saturated heterocycles. The maximum atomic E-state index is 11.5. The van der Waals surface area contributed by atoms with Gasteiger partial charge < -0.3 is 15.5 Å². The van der Waals surface area contributed by atoms with E-state index in [-0.39, 0.29) is 23.8 Å². The zero-order valence-electron chi connectivity index (χ0n) is 9.14. The standard InChI is InChI=1S/C8H15N3O4S2/c9-1-2-15-3-4-17(13,14)10-5-7-6-16-8(12)11-7/h6,10H,1-5,9H2,(H,11,12). The Kier molecular flexibility index (Phi) is 5.78. The molecule has 0 spiro atoms. The van der Waals surface area contributed by atoms with E-state index in [0.717, 1.165) is 11.3 Å². The van der Waals surface area contributed by atoms with Crippen LogP contribution in [-0.4, -0.2) is 38.9 Å². The van der Waals surface area contributed by atoms with Crippen LogP contribution in [0.3, 0.4) is 0 Å². The highest BCUT2D eigenvalue weighted by atomic mass is 32.2. The highest BCUT2D eigenvalue weighted by Crippen LogP contribution is 1.96. The molecular formula is C8H15N3O4S2. The SMILES string of the molecule is NCCOCCS(=O)(=O)NCc1csc(=O)[nH]1. The van der Waals surface area contributed by atoms with Gasteiger partial charge in [0.2, 0.25) is 10.0 Å². The minimum atomic E-state index is -3.38. The summed E-state index contributed by atoms with van der Waals surface area (Å²) in [7, 11) is -3.38. The third-order valence-electron chi connectivity index (χ3n) is 1.81. The van der Waals surface area contributed by atoms with E-state index in [1.54, 1.807) is 5.38 Å². The fourth-order valence-corrected chi connectivity index (χ4v) is 2.45. The van der Waals surface area contributed by atoms with Gasteiger partial charge in [-0.15, -0.1) is 0 Å². The molecule has 0 amide bonds. The van der Waals surface area contributed by atoms with E-state index < -0.39 is 10.0 Å². The van der Waals surface area contributed by atoms with Gasteiger partial charge in [0.15, 0.2) is 0 Å². The highest BCUT2D eigenvalue weighted by molar-refractivity contribution is 7.89. The maximum Gasteiger partial charge on any atom is 0.304 e. The van der Waals surface area contributed by atoms with Gasteiger partial charge in [0.1, 0.15) is 0 Å². The van der Waals surface area contributed by atoms with Crippen molar-refractivity contribution in [3.8, 4) is 0 Å². The topological polar surface area (TPSA) is 114 Å². The van der Waals surface area contributed by atoms with Gasteiger partial charge in [-0.2, -0.15) is 0 Å². The highest BCUT2D eigenvalue weighted by Gasteiger charge is 2.10. The van der Waals surface area contributed by atoms with Crippen molar-refractivity contribution in [3.05, 3.63) is 20.7 Å². The predicted molar refractivity (Wildman–Crippen MR) is 65.4 cm³/mol. The van der Waals surface area contributed by atoms with Gasteiger partial charge in [-0.3, -0.25) is 4.79 Å². The number of aromatic nitrogens is 1. The first-order chi connectivity index (χ1) is 8.03. The smallest absolute Gasteiger partial charge is 0.304 e. The molecule has 0 radical (unpaired) electrons. The summed E-state index contributed by atoms with van der Waals surface area (Å²) in [6.07, 6.45) is 0. The van der Waals surface area contributed by atoms with Crippen LogP contribution in [0.4, 0.5) is 0 Å². The number of ether oxygens (including phenoxy) is 1. The third-order valence-corrected chi connectivity index (χ3v) is 3.82. The summed E-state index contributed by atoms with van der Waals surface area (Å²) in [5.41, 5.74) is 5.74. The summed E-state index contributed by atoms with van der Waals surface area (Å²) in [6.45, 7) is 0.891. The van der Waals surface area contributed by atoms with Crippen LogP contribution in [-0.2, 0) is 21.3 Å². The van der Waals surface area contributed by atoms with Crippen LogP contribution in [0.15, 0.2) is 10.2 Å². The van der Waals surface area contributed by atoms with Gasteiger partial charge in [-0.25, -0.2) is 13.1 Å². The molecule has 0 bridgehead atoms. The number of rotatable bonds is 8. The molecule has 1 aromatic heterocycles. The van der Waals surface area contributed by atoms with E-state index in [0.29, 0.717) is 18.8 Å². The van der Waals surface area contributed by atoms with Gasteiger partial charge in [-0.1, -0.05) is 11.3 Å². The molecular weight excluding hydrogens is 266 g/mol. The van der Waals surface area contributed by atoms with Crippen molar-refractivity contribution in [2.45, 2.75) is 6.54 Å². The number of thiazole rings is 1. The van der Waals surface area contributed by atoms with Gasteiger partial charge in [0.25, 0.3) is 0 Å². The molecule has 1 aromatic rings. The molecule has 0 aliphatic heterocycles. The number of H-pyrrole nitrogens is 1. The summed E-state index contributed by atoms with van der Waals surface area (Å²) >= 11 is 0.995. The molecule has 0 saturated carbocycles. The van der Waals surface area contributed by atoms with Crippen LogP contribution in [0.1, 0.15) is 5.69 Å². The lowest BCUT2D eigenvalue weighted by Crippen LogP contribution is -2.28. The molecule has 0 atom stereocenters.